The molecule has 2 atom stereocenters. The molecular weight excluding hydrogens is 701 g/mol. The van der Waals surface area contributed by atoms with Gasteiger partial charge >= 0.3 is 6.18 Å². The van der Waals surface area contributed by atoms with Crippen molar-refractivity contribution >= 4 is 10.9 Å². The molecule has 2 aromatic heterocycles. The van der Waals surface area contributed by atoms with Gasteiger partial charge in [-0.1, -0.05) is 78.9 Å². The van der Waals surface area contributed by atoms with Crippen molar-refractivity contribution in [3.05, 3.63) is 155 Å². The van der Waals surface area contributed by atoms with Gasteiger partial charge in [0.25, 0.3) is 0 Å². The Labute approximate surface area is 309 Å². The molecule has 0 radical (unpaired) electrons. The fourth-order valence-electron chi connectivity index (χ4n) is 6.99. The maximum absolute atomic E-state index is 14.0. The zero-order chi connectivity index (χ0) is 37.7. The van der Waals surface area contributed by atoms with Crippen LogP contribution in [-0.4, -0.2) is 39.5 Å². The quantitative estimate of drug-likeness (QED) is 0.126. The van der Waals surface area contributed by atoms with Crippen molar-refractivity contribution in [2.45, 2.75) is 50.8 Å². The molecule has 278 valence electrons. The molecule has 6 nitrogen and oxygen atoms in total. The fourth-order valence-corrected chi connectivity index (χ4v) is 6.99. The Balaban J connectivity index is 1.15. The largest absolute Gasteiger partial charge is 0.473 e. The molecule has 2 unspecified atom stereocenters. The van der Waals surface area contributed by atoms with Gasteiger partial charge in [0.2, 0.25) is 18.2 Å². The number of piperidine rings is 1. The number of aromatic nitrogens is 2. The number of ether oxygens (including phenoxy) is 2. The van der Waals surface area contributed by atoms with Crippen molar-refractivity contribution in [2.75, 3.05) is 13.1 Å². The molecule has 7 rings (SSSR count). The first-order valence-electron chi connectivity index (χ1n) is 17.7. The Kier molecular flexibility index (Phi) is 10.9. The van der Waals surface area contributed by atoms with E-state index in [1.54, 1.807) is 30.5 Å². The monoisotopic (exact) mass is 739 g/mol. The molecule has 54 heavy (non-hydrogen) atoms. The molecule has 1 saturated heterocycles. The van der Waals surface area contributed by atoms with Gasteiger partial charge in [-0.05, 0) is 65.1 Å². The number of likely N-dealkylation sites (tertiary alicyclic amines) is 1. The predicted octanol–water partition coefficient (Wildman–Crippen LogP) is 9.84. The first kappa shape index (κ1) is 36.9. The number of aliphatic hydroxyl groups is 1. The van der Waals surface area contributed by atoms with E-state index >= 15 is 0 Å². The highest BCUT2D eigenvalue weighted by atomic mass is 19.4. The van der Waals surface area contributed by atoms with Crippen LogP contribution in [0, 0.1) is 5.92 Å². The number of alkyl halides is 5. The van der Waals surface area contributed by atoms with E-state index in [1.165, 1.54) is 12.1 Å². The zero-order valence-electron chi connectivity index (χ0n) is 29.2. The summed E-state index contributed by atoms with van der Waals surface area (Å²) >= 11 is 0. The van der Waals surface area contributed by atoms with Crippen LogP contribution in [0.1, 0.15) is 40.7 Å². The molecule has 0 aliphatic carbocycles. The summed E-state index contributed by atoms with van der Waals surface area (Å²) in [6, 6.07) is 35.1. The van der Waals surface area contributed by atoms with E-state index in [0.29, 0.717) is 58.1 Å². The molecule has 4 aromatic carbocycles. The highest BCUT2D eigenvalue weighted by Gasteiger charge is 2.44. The summed E-state index contributed by atoms with van der Waals surface area (Å²) in [5, 5.41) is 12.8. The predicted molar refractivity (Wildman–Crippen MR) is 196 cm³/mol. The number of rotatable bonds is 12. The molecule has 0 spiro atoms. The van der Waals surface area contributed by atoms with Crippen molar-refractivity contribution in [1.82, 2.24) is 14.9 Å². The number of halogens is 5. The lowest BCUT2D eigenvalue weighted by Gasteiger charge is -2.45. The summed E-state index contributed by atoms with van der Waals surface area (Å²) in [6.45, 7) is 1.37. The van der Waals surface area contributed by atoms with E-state index < -0.39 is 36.1 Å². The number of hydrogen-bond acceptors (Lipinski definition) is 6. The van der Waals surface area contributed by atoms with Crippen LogP contribution in [0.5, 0.6) is 11.8 Å². The van der Waals surface area contributed by atoms with E-state index in [9.17, 15) is 27.1 Å². The van der Waals surface area contributed by atoms with Gasteiger partial charge in [-0.25, -0.2) is 8.78 Å². The van der Waals surface area contributed by atoms with Crippen LogP contribution < -0.4 is 9.47 Å². The topological polar surface area (TPSA) is 67.7 Å². The normalized spacial score (nSPS) is 17.9. The van der Waals surface area contributed by atoms with E-state index in [-0.39, 0.29) is 26.1 Å². The average molecular weight is 740 g/mol. The summed E-state index contributed by atoms with van der Waals surface area (Å²) in [6.07, 6.45) is -5.77. The second kappa shape index (κ2) is 15.9. The second-order valence-electron chi connectivity index (χ2n) is 13.6. The minimum atomic E-state index is -4.45. The van der Waals surface area contributed by atoms with Gasteiger partial charge in [-0.2, -0.15) is 18.2 Å². The molecule has 3 heterocycles. The van der Waals surface area contributed by atoms with Crippen LogP contribution in [0.4, 0.5) is 22.0 Å². The lowest BCUT2D eigenvalue weighted by Crippen LogP contribution is -2.50. The van der Waals surface area contributed by atoms with Crippen molar-refractivity contribution < 1.29 is 36.5 Å². The van der Waals surface area contributed by atoms with E-state index in [2.05, 4.69) is 4.98 Å². The standard InChI is InChI=1S/C43H38F5N3O3/c44-39(45)23-36-26-51(25-29-11-13-34(14-12-29)43(46,47)48)20-19-42(36,52)35-15-17-38-32(22-35)21-33(24-49-38)37-16-18-40(53-27-30-7-3-1-4-8-30)50-41(37)54-28-31-9-5-2-6-10-31/h1-18,21-22,24,36,39,52H,19-20,23,25-28H2. The first-order valence-corrected chi connectivity index (χ1v) is 17.7. The van der Waals surface area contributed by atoms with Gasteiger partial charge in [0.15, 0.2) is 0 Å². The lowest BCUT2D eigenvalue weighted by atomic mass is 9.74. The van der Waals surface area contributed by atoms with Crippen molar-refractivity contribution in [3.63, 3.8) is 0 Å². The van der Waals surface area contributed by atoms with E-state index in [4.69, 9.17) is 14.5 Å². The maximum atomic E-state index is 14.0. The third-order valence-corrected chi connectivity index (χ3v) is 9.89. The SMILES string of the molecule is OC1(c2ccc3ncc(-c4ccc(OCc5ccccc5)nc4OCc4ccccc4)cc3c2)CCN(Cc2ccc(C(F)(F)F)cc2)CC1CC(F)F. The second-order valence-corrected chi connectivity index (χ2v) is 13.6. The van der Waals surface area contributed by atoms with E-state index in [1.807, 2.05) is 77.7 Å². The zero-order valence-corrected chi connectivity index (χ0v) is 29.2. The van der Waals surface area contributed by atoms with Crippen LogP contribution in [0.2, 0.25) is 0 Å². The van der Waals surface area contributed by atoms with Crippen molar-refractivity contribution in [1.29, 1.82) is 0 Å². The van der Waals surface area contributed by atoms with E-state index in [0.717, 1.165) is 23.3 Å². The third-order valence-electron chi connectivity index (χ3n) is 9.89. The van der Waals surface area contributed by atoms with Gasteiger partial charge in [-0.15, -0.1) is 0 Å². The molecule has 0 amide bonds. The van der Waals surface area contributed by atoms with Crippen LogP contribution in [0.3, 0.4) is 0 Å². The minimum Gasteiger partial charge on any atom is -0.473 e. The van der Waals surface area contributed by atoms with Crippen molar-refractivity contribution in [3.8, 4) is 22.9 Å². The highest BCUT2D eigenvalue weighted by Crippen LogP contribution is 2.42. The molecule has 6 aromatic rings. The maximum Gasteiger partial charge on any atom is 0.416 e. The van der Waals surface area contributed by atoms with Crippen LogP contribution in [0.25, 0.3) is 22.0 Å². The van der Waals surface area contributed by atoms with Crippen LogP contribution in [0.15, 0.2) is 128 Å². The number of hydrogen-bond donors (Lipinski definition) is 1. The number of fused-ring (bicyclic) bond motifs is 1. The minimum absolute atomic E-state index is 0.144. The molecule has 1 N–H and O–H groups in total. The molecule has 1 fully saturated rings. The molecule has 0 bridgehead atoms. The molecule has 1 aliphatic heterocycles. The molecule has 1 aliphatic rings. The molecular formula is C43H38F5N3O3. The van der Waals surface area contributed by atoms with Crippen molar-refractivity contribution in [2.24, 2.45) is 5.92 Å². The van der Waals surface area contributed by atoms with Gasteiger partial charge < -0.3 is 14.6 Å². The Morgan fingerprint density at radius 1 is 0.796 bits per heavy atom. The van der Waals surface area contributed by atoms with Gasteiger partial charge in [0, 0.05) is 60.7 Å². The summed E-state index contributed by atoms with van der Waals surface area (Å²) in [5.41, 5.74) is 2.78. The Hall–Kier alpha value is -5.39. The fraction of sp³-hybridized carbons (Fsp3) is 0.256. The van der Waals surface area contributed by atoms with Gasteiger partial charge in [-0.3, -0.25) is 9.88 Å². The summed E-state index contributed by atoms with van der Waals surface area (Å²) in [7, 11) is 0. The Morgan fingerprint density at radius 2 is 1.48 bits per heavy atom. The third kappa shape index (κ3) is 8.69. The smallest absolute Gasteiger partial charge is 0.416 e. The summed E-state index contributed by atoms with van der Waals surface area (Å²) in [4.78, 5) is 11.3. The molecule has 0 saturated carbocycles. The first-order chi connectivity index (χ1) is 26.0. The lowest BCUT2D eigenvalue weighted by molar-refractivity contribution is -0.137. The number of benzene rings is 4. The van der Waals surface area contributed by atoms with Gasteiger partial charge in [0.1, 0.15) is 13.2 Å². The molecule has 11 heteroatoms. The Bertz CT molecular complexity index is 2170. The highest BCUT2D eigenvalue weighted by molar-refractivity contribution is 5.85. The number of nitrogens with zero attached hydrogens (tertiary/aromatic N) is 3. The van der Waals surface area contributed by atoms with Crippen LogP contribution >= 0.6 is 0 Å². The Morgan fingerprint density at radius 3 is 2.15 bits per heavy atom. The van der Waals surface area contributed by atoms with Crippen LogP contribution in [-0.2, 0) is 31.5 Å². The summed E-state index contributed by atoms with van der Waals surface area (Å²) < 4.78 is 79.4. The average Bonchev–Trinajstić information content (AvgIpc) is 3.17. The number of pyridine rings is 2. The summed E-state index contributed by atoms with van der Waals surface area (Å²) in [5.74, 6) is -0.101. The van der Waals surface area contributed by atoms with Gasteiger partial charge in [0.05, 0.1) is 16.7 Å².